The van der Waals surface area contributed by atoms with Crippen LogP contribution in [0.4, 0.5) is 0 Å². The average Bonchev–Trinajstić information content (AvgIpc) is 1.96. The van der Waals surface area contributed by atoms with Gasteiger partial charge in [0.05, 0.1) is 6.10 Å². The molecule has 0 aromatic heterocycles. The first-order chi connectivity index (χ1) is 5.52. The summed E-state index contributed by atoms with van der Waals surface area (Å²) in [5.41, 5.74) is 0. The molecule has 4 atom stereocenters. The van der Waals surface area contributed by atoms with Crippen molar-refractivity contribution in [3.05, 3.63) is 0 Å². The van der Waals surface area contributed by atoms with E-state index in [0.717, 1.165) is 6.42 Å². The second-order valence-corrected chi connectivity index (χ2v) is 3.59. The molecule has 1 heterocycles. The molecule has 80 valence electrons. The normalized spacial score (nSPS) is 40.2. The van der Waals surface area contributed by atoms with Crippen molar-refractivity contribution in [2.24, 2.45) is 0 Å². The average molecular weight is 212 g/mol. The molecule has 0 radical (unpaired) electrons. The summed E-state index contributed by atoms with van der Waals surface area (Å²) in [7, 11) is 3.78. The minimum Gasteiger partial charge on any atom is -0.386 e. The van der Waals surface area contributed by atoms with E-state index in [-0.39, 0.29) is 24.6 Å². The molecular weight excluding hydrogens is 194 g/mol. The standard InChI is InChI=1S/C8H17NO3.ClH/c1-5-4-6(9(2)3)7(10)8(11)12-5;/h5-8,10-11H,4H2,1-3H3;1H/t5-,6+,7-,8-;/m1./s1. The topological polar surface area (TPSA) is 52.9 Å². The number of halogens is 1. The van der Waals surface area contributed by atoms with E-state index in [0.29, 0.717) is 0 Å². The molecule has 1 saturated heterocycles. The first-order valence-corrected chi connectivity index (χ1v) is 4.20. The highest BCUT2D eigenvalue weighted by atomic mass is 35.5. The molecule has 1 rings (SSSR count). The fourth-order valence-electron chi connectivity index (χ4n) is 1.56. The number of likely N-dealkylation sites (N-methyl/N-ethyl adjacent to an activating group) is 1. The third-order valence-corrected chi connectivity index (χ3v) is 2.29. The number of hydrogen-bond acceptors (Lipinski definition) is 4. The second kappa shape index (κ2) is 5.12. The Bertz CT molecular complexity index is 156. The van der Waals surface area contributed by atoms with Crippen molar-refractivity contribution >= 4 is 12.4 Å². The summed E-state index contributed by atoms with van der Waals surface area (Å²) in [5.74, 6) is 0. The maximum atomic E-state index is 9.51. The van der Waals surface area contributed by atoms with Crippen LogP contribution in [-0.2, 0) is 4.74 Å². The molecule has 0 aromatic rings. The van der Waals surface area contributed by atoms with Crippen LogP contribution < -0.4 is 0 Å². The summed E-state index contributed by atoms with van der Waals surface area (Å²) < 4.78 is 5.06. The van der Waals surface area contributed by atoms with Crippen molar-refractivity contribution < 1.29 is 14.9 Å². The van der Waals surface area contributed by atoms with Gasteiger partial charge < -0.3 is 19.8 Å². The Kier molecular flexibility index (Phi) is 5.17. The van der Waals surface area contributed by atoms with Crippen LogP contribution in [-0.4, -0.2) is 53.7 Å². The number of hydrogen-bond donors (Lipinski definition) is 2. The molecule has 13 heavy (non-hydrogen) atoms. The summed E-state index contributed by atoms with van der Waals surface area (Å²) in [4.78, 5) is 1.91. The van der Waals surface area contributed by atoms with Gasteiger partial charge in [0.15, 0.2) is 6.29 Å². The summed E-state index contributed by atoms with van der Waals surface area (Å²) in [6, 6.07) is -0.0104. The van der Waals surface area contributed by atoms with Gasteiger partial charge in [-0.2, -0.15) is 0 Å². The van der Waals surface area contributed by atoms with E-state index in [1.807, 2.05) is 25.9 Å². The highest BCUT2D eigenvalue weighted by Crippen LogP contribution is 2.21. The zero-order chi connectivity index (χ0) is 9.30. The number of nitrogens with zero attached hydrogens (tertiary/aromatic N) is 1. The molecule has 1 aliphatic heterocycles. The highest BCUT2D eigenvalue weighted by molar-refractivity contribution is 5.85. The van der Waals surface area contributed by atoms with E-state index in [2.05, 4.69) is 0 Å². The van der Waals surface area contributed by atoms with Crippen LogP contribution in [0.15, 0.2) is 0 Å². The lowest BCUT2D eigenvalue weighted by Gasteiger charge is -2.38. The van der Waals surface area contributed by atoms with Crippen LogP contribution in [0.3, 0.4) is 0 Å². The SMILES string of the molecule is C[C@@H]1C[C@H](N(C)C)[C@@H](O)[C@H](O)O1.Cl. The van der Waals surface area contributed by atoms with Crippen molar-refractivity contribution in [2.45, 2.75) is 37.9 Å². The van der Waals surface area contributed by atoms with E-state index in [9.17, 15) is 10.2 Å². The van der Waals surface area contributed by atoms with E-state index in [1.54, 1.807) is 0 Å². The Morgan fingerprint density at radius 1 is 1.31 bits per heavy atom. The Morgan fingerprint density at radius 2 is 1.85 bits per heavy atom. The van der Waals surface area contributed by atoms with Crippen LogP contribution in [0.25, 0.3) is 0 Å². The fourth-order valence-corrected chi connectivity index (χ4v) is 1.56. The van der Waals surface area contributed by atoms with Gasteiger partial charge in [-0.05, 0) is 27.4 Å². The number of ether oxygens (including phenoxy) is 1. The molecule has 4 nitrogen and oxygen atoms in total. The first kappa shape index (κ1) is 13.1. The Labute approximate surface area is 84.9 Å². The van der Waals surface area contributed by atoms with Gasteiger partial charge in [0, 0.05) is 6.04 Å². The molecule has 1 fully saturated rings. The second-order valence-electron chi connectivity index (χ2n) is 3.59. The van der Waals surface area contributed by atoms with Crippen LogP contribution in [0.1, 0.15) is 13.3 Å². The maximum Gasteiger partial charge on any atom is 0.182 e. The summed E-state index contributed by atoms with van der Waals surface area (Å²) >= 11 is 0. The third kappa shape index (κ3) is 3.07. The van der Waals surface area contributed by atoms with E-state index in [4.69, 9.17) is 4.74 Å². The van der Waals surface area contributed by atoms with Gasteiger partial charge >= 0.3 is 0 Å². The quantitative estimate of drug-likeness (QED) is 0.632. The van der Waals surface area contributed by atoms with Crippen molar-refractivity contribution in [2.75, 3.05) is 14.1 Å². The van der Waals surface area contributed by atoms with Crippen molar-refractivity contribution in [1.29, 1.82) is 0 Å². The van der Waals surface area contributed by atoms with Gasteiger partial charge in [-0.1, -0.05) is 0 Å². The Balaban J connectivity index is 0.00000144. The zero-order valence-electron chi connectivity index (χ0n) is 8.17. The Morgan fingerprint density at radius 3 is 2.31 bits per heavy atom. The fraction of sp³-hybridized carbons (Fsp3) is 1.00. The first-order valence-electron chi connectivity index (χ1n) is 4.20. The molecule has 0 spiro atoms. The molecule has 1 aliphatic rings. The van der Waals surface area contributed by atoms with Crippen molar-refractivity contribution in [3.8, 4) is 0 Å². The predicted molar refractivity (Wildman–Crippen MR) is 51.9 cm³/mol. The van der Waals surface area contributed by atoms with Crippen LogP contribution >= 0.6 is 12.4 Å². The molecule has 0 aliphatic carbocycles. The predicted octanol–water partition coefficient (Wildman–Crippen LogP) is -0.174. The Hall–Kier alpha value is 0.130. The van der Waals surface area contributed by atoms with E-state index < -0.39 is 12.4 Å². The molecule has 0 bridgehead atoms. The minimum atomic E-state index is -1.04. The van der Waals surface area contributed by atoms with Gasteiger partial charge in [-0.3, -0.25) is 0 Å². The van der Waals surface area contributed by atoms with Gasteiger partial charge in [0.2, 0.25) is 0 Å². The minimum absolute atomic E-state index is 0. The lowest BCUT2D eigenvalue weighted by Crippen LogP contribution is -2.53. The number of aliphatic hydroxyl groups excluding tert-OH is 2. The highest BCUT2D eigenvalue weighted by Gasteiger charge is 2.35. The van der Waals surface area contributed by atoms with Crippen LogP contribution in [0.2, 0.25) is 0 Å². The smallest absolute Gasteiger partial charge is 0.182 e. The van der Waals surface area contributed by atoms with E-state index >= 15 is 0 Å². The molecule has 0 saturated carbocycles. The lowest BCUT2D eigenvalue weighted by molar-refractivity contribution is -0.230. The largest absolute Gasteiger partial charge is 0.386 e. The van der Waals surface area contributed by atoms with Crippen molar-refractivity contribution in [3.63, 3.8) is 0 Å². The number of rotatable bonds is 1. The maximum absolute atomic E-state index is 9.51. The monoisotopic (exact) mass is 211 g/mol. The van der Waals surface area contributed by atoms with Gasteiger partial charge in [0.1, 0.15) is 6.10 Å². The third-order valence-electron chi connectivity index (χ3n) is 2.29. The molecule has 5 heteroatoms. The molecular formula is C8H18ClNO3. The summed E-state index contributed by atoms with van der Waals surface area (Å²) in [6.07, 6.45) is -1.07. The summed E-state index contributed by atoms with van der Waals surface area (Å²) in [5, 5.41) is 18.8. The van der Waals surface area contributed by atoms with Crippen LogP contribution in [0, 0.1) is 0 Å². The molecule has 0 amide bonds. The number of aliphatic hydroxyl groups is 2. The van der Waals surface area contributed by atoms with Crippen molar-refractivity contribution in [1.82, 2.24) is 4.90 Å². The van der Waals surface area contributed by atoms with E-state index in [1.165, 1.54) is 0 Å². The molecule has 0 aromatic carbocycles. The zero-order valence-corrected chi connectivity index (χ0v) is 8.99. The molecule has 2 N–H and O–H groups in total. The molecule has 0 unspecified atom stereocenters. The van der Waals surface area contributed by atoms with Crippen LogP contribution in [0.5, 0.6) is 0 Å². The summed E-state index contributed by atoms with van der Waals surface area (Å²) in [6.45, 7) is 1.89. The lowest BCUT2D eigenvalue weighted by atomic mass is 9.99. The van der Waals surface area contributed by atoms with Gasteiger partial charge in [-0.15, -0.1) is 12.4 Å². The van der Waals surface area contributed by atoms with Gasteiger partial charge in [0.25, 0.3) is 0 Å². The van der Waals surface area contributed by atoms with Gasteiger partial charge in [-0.25, -0.2) is 0 Å².